The van der Waals surface area contributed by atoms with E-state index in [1.807, 2.05) is 4.90 Å². The van der Waals surface area contributed by atoms with E-state index in [0.717, 1.165) is 38.1 Å². The lowest BCUT2D eigenvalue weighted by Gasteiger charge is -2.32. The van der Waals surface area contributed by atoms with Crippen LogP contribution in [0.25, 0.3) is 0 Å². The Morgan fingerprint density at radius 2 is 2.12 bits per heavy atom. The normalized spacial score (nSPS) is 21.6. The van der Waals surface area contributed by atoms with Crippen LogP contribution < -0.4 is 5.73 Å². The molecule has 2 aliphatic heterocycles. The van der Waals surface area contributed by atoms with E-state index in [-0.39, 0.29) is 37.0 Å². The van der Waals surface area contributed by atoms with Crippen molar-refractivity contribution in [2.45, 2.75) is 44.2 Å². The summed E-state index contributed by atoms with van der Waals surface area (Å²) in [5.74, 6) is 0.763. The van der Waals surface area contributed by atoms with Crippen molar-refractivity contribution in [3.8, 4) is 0 Å². The van der Waals surface area contributed by atoms with E-state index in [0.29, 0.717) is 19.7 Å². The van der Waals surface area contributed by atoms with Crippen LogP contribution in [0.15, 0.2) is 12.4 Å². The molecule has 138 valence electrons. The average Bonchev–Trinajstić information content (AvgIpc) is 3.26. The number of ether oxygens (including phenoxy) is 2. The third kappa shape index (κ3) is 4.79. The second-order valence-corrected chi connectivity index (χ2v) is 6.68. The highest BCUT2D eigenvalue weighted by Gasteiger charge is 2.27. The quantitative estimate of drug-likeness (QED) is 0.761. The maximum absolute atomic E-state index is 12.3. The molecule has 0 aliphatic carbocycles. The van der Waals surface area contributed by atoms with E-state index in [2.05, 4.69) is 4.98 Å². The van der Waals surface area contributed by atoms with Gasteiger partial charge in [0.1, 0.15) is 19.0 Å². The fraction of sp³-hybridized carbons (Fsp3) is 0.706. The molecular formula is C17H26N4O4. The fourth-order valence-electron chi connectivity index (χ4n) is 3.51. The van der Waals surface area contributed by atoms with Gasteiger partial charge in [-0.25, -0.2) is 4.98 Å². The van der Waals surface area contributed by atoms with E-state index in [9.17, 15) is 9.59 Å². The van der Waals surface area contributed by atoms with Gasteiger partial charge in [-0.3, -0.25) is 9.59 Å². The Morgan fingerprint density at radius 1 is 1.32 bits per heavy atom. The van der Waals surface area contributed by atoms with Crippen molar-refractivity contribution in [3.63, 3.8) is 0 Å². The molecule has 3 heterocycles. The first-order valence-corrected chi connectivity index (χ1v) is 8.90. The summed E-state index contributed by atoms with van der Waals surface area (Å²) in [6.45, 7) is 2.90. The number of hydrogen-bond acceptors (Lipinski definition) is 5. The summed E-state index contributed by atoms with van der Waals surface area (Å²) in [5, 5.41) is 0. The number of rotatable bonds is 7. The molecule has 2 aliphatic rings. The molecule has 0 spiro atoms. The number of nitrogens with zero attached hydrogens (tertiary/aromatic N) is 3. The number of likely N-dealkylation sites (tertiary alicyclic amines) is 1. The van der Waals surface area contributed by atoms with Crippen molar-refractivity contribution in [3.05, 3.63) is 18.2 Å². The number of hydrogen-bond donors (Lipinski definition) is 1. The predicted molar refractivity (Wildman–Crippen MR) is 89.8 cm³/mol. The molecule has 0 bridgehead atoms. The van der Waals surface area contributed by atoms with Crippen LogP contribution in [0.3, 0.4) is 0 Å². The number of nitrogens with two attached hydrogens (primary N) is 1. The van der Waals surface area contributed by atoms with Crippen LogP contribution in [0.1, 0.15) is 37.4 Å². The fourth-order valence-corrected chi connectivity index (χ4v) is 3.51. The minimum atomic E-state index is -0.379. The van der Waals surface area contributed by atoms with Gasteiger partial charge in [0, 0.05) is 38.0 Å². The van der Waals surface area contributed by atoms with Gasteiger partial charge in [-0.05, 0) is 25.7 Å². The van der Waals surface area contributed by atoms with Crippen molar-refractivity contribution in [1.29, 1.82) is 0 Å². The summed E-state index contributed by atoms with van der Waals surface area (Å²) in [7, 11) is 0. The van der Waals surface area contributed by atoms with Crippen LogP contribution in [-0.4, -0.2) is 65.3 Å². The molecule has 1 aromatic rings. The van der Waals surface area contributed by atoms with E-state index >= 15 is 0 Å². The van der Waals surface area contributed by atoms with Crippen LogP contribution in [0.5, 0.6) is 0 Å². The van der Waals surface area contributed by atoms with Crippen molar-refractivity contribution in [2.24, 2.45) is 5.73 Å². The smallest absolute Gasteiger partial charge is 0.248 e. The van der Waals surface area contributed by atoms with Gasteiger partial charge in [0.15, 0.2) is 0 Å². The second kappa shape index (κ2) is 8.44. The van der Waals surface area contributed by atoms with Crippen molar-refractivity contribution in [2.75, 3.05) is 32.9 Å². The highest BCUT2D eigenvalue weighted by Crippen LogP contribution is 2.27. The summed E-state index contributed by atoms with van der Waals surface area (Å²) in [6.07, 6.45) is 7.34. The van der Waals surface area contributed by atoms with Crippen LogP contribution in [0, 0.1) is 0 Å². The highest BCUT2D eigenvalue weighted by atomic mass is 16.5. The number of imidazole rings is 1. The lowest BCUT2D eigenvalue weighted by atomic mass is 9.96. The molecule has 3 rings (SSSR count). The second-order valence-electron chi connectivity index (χ2n) is 6.68. The van der Waals surface area contributed by atoms with E-state index in [1.54, 1.807) is 17.0 Å². The van der Waals surface area contributed by atoms with Crippen LogP contribution >= 0.6 is 0 Å². The van der Waals surface area contributed by atoms with Gasteiger partial charge in [-0.15, -0.1) is 0 Å². The zero-order valence-electron chi connectivity index (χ0n) is 14.4. The number of piperidine rings is 1. The number of amides is 2. The largest absolute Gasteiger partial charge is 0.376 e. The molecular weight excluding hydrogens is 324 g/mol. The first kappa shape index (κ1) is 17.9. The first-order chi connectivity index (χ1) is 12.1. The lowest BCUT2D eigenvalue weighted by molar-refractivity contribution is -0.138. The molecule has 8 heteroatoms. The number of primary amides is 1. The zero-order valence-corrected chi connectivity index (χ0v) is 14.4. The maximum atomic E-state index is 12.3. The van der Waals surface area contributed by atoms with Gasteiger partial charge in [-0.1, -0.05) is 0 Å². The lowest BCUT2D eigenvalue weighted by Crippen LogP contribution is -2.40. The SMILES string of the molecule is NC(=O)Cn1ccnc1C1CCN(C(=O)COC[C@H]2CCCO2)CC1. The van der Waals surface area contributed by atoms with Crippen molar-refractivity contribution < 1.29 is 19.1 Å². The van der Waals surface area contributed by atoms with Gasteiger partial charge in [0.2, 0.25) is 11.8 Å². The summed E-state index contributed by atoms with van der Waals surface area (Å²) in [6, 6.07) is 0. The molecule has 2 saturated heterocycles. The molecule has 0 aromatic carbocycles. The maximum Gasteiger partial charge on any atom is 0.248 e. The van der Waals surface area contributed by atoms with Gasteiger partial charge in [0.25, 0.3) is 0 Å². The van der Waals surface area contributed by atoms with E-state index < -0.39 is 0 Å². The Labute approximate surface area is 147 Å². The van der Waals surface area contributed by atoms with E-state index in [1.165, 1.54) is 0 Å². The van der Waals surface area contributed by atoms with E-state index in [4.69, 9.17) is 15.2 Å². The highest BCUT2D eigenvalue weighted by molar-refractivity contribution is 5.77. The molecule has 0 radical (unpaired) electrons. The van der Waals surface area contributed by atoms with Gasteiger partial charge in [0.05, 0.1) is 12.7 Å². The number of carbonyl (C=O) groups is 2. The minimum absolute atomic E-state index is 0.0249. The molecule has 1 aromatic heterocycles. The minimum Gasteiger partial charge on any atom is -0.376 e. The average molecular weight is 350 g/mol. The van der Waals surface area contributed by atoms with Crippen LogP contribution in [0.2, 0.25) is 0 Å². The Bertz CT molecular complexity index is 589. The van der Waals surface area contributed by atoms with Crippen molar-refractivity contribution >= 4 is 11.8 Å². The first-order valence-electron chi connectivity index (χ1n) is 8.90. The van der Waals surface area contributed by atoms with Gasteiger partial charge in [-0.2, -0.15) is 0 Å². The summed E-state index contributed by atoms with van der Waals surface area (Å²) >= 11 is 0. The zero-order chi connectivity index (χ0) is 17.6. The topological polar surface area (TPSA) is 99.7 Å². The molecule has 1 atom stereocenters. The van der Waals surface area contributed by atoms with Gasteiger partial charge < -0.3 is 24.7 Å². The standard InChI is InChI=1S/C17H26N4O4/c18-15(22)10-21-8-5-19-17(21)13-3-6-20(7-4-13)16(23)12-24-11-14-2-1-9-25-14/h5,8,13-14H,1-4,6-7,9-12H2,(H2,18,22)/t14-/m1/s1. The van der Waals surface area contributed by atoms with Crippen LogP contribution in [0.4, 0.5) is 0 Å². The van der Waals surface area contributed by atoms with Gasteiger partial charge >= 0.3 is 0 Å². The summed E-state index contributed by atoms with van der Waals surface area (Å²) in [5.41, 5.74) is 5.27. The molecule has 0 saturated carbocycles. The molecule has 2 N–H and O–H groups in total. The molecule has 2 amide bonds. The monoisotopic (exact) mass is 350 g/mol. The Balaban J connectivity index is 1.42. The van der Waals surface area contributed by atoms with Crippen molar-refractivity contribution in [1.82, 2.24) is 14.5 Å². The number of aromatic nitrogens is 2. The third-order valence-corrected chi connectivity index (χ3v) is 4.84. The summed E-state index contributed by atoms with van der Waals surface area (Å²) in [4.78, 5) is 29.6. The molecule has 0 unspecified atom stereocenters. The Kier molecular flexibility index (Phi) is 6.04. The predicted octanol–water partition coefficient (Wildman–Crippen LogP) is 0.270. The Morgan fingerprint density at radius 3 is 2.80 bits per heavy atom. The van der Waals surface area contributed by atoms with Crippen LogP contribution in [-0.2, 0) is 25.6 Å². The third-order valence-electron chi connectivity index (χ3n) is 4.84. The molecule has 8 nitrogen and oxygen atoms in total. The summed E-state index contributed by atoms with van der Waals surface area (Å²) < 4.78 is 12.8. The Hall–Kier alpha value is -1.93. The molecule has 2 fully saturated rings. The molecule has 25 heavy (non-hydrogen) atoms. The number of carbonyl (C=O) groups excluding carboxylic acids is 2.